The van der Waals surface area contributed by atoms with Crippen LogP contribution in [-0.2, 0) is 26.3 Å². The molecule has 31 heavy (non-hydrogen) atoms. The first-order chi connectivity index (χ1) is 14.9. The number of para-hydroxylation sites is 1. The molecule has 2 aliphatic heterocycles. The van der Waals surface area contributed by atoms with Crippen LogP contribution in [0.3, 0.4) is 0 Å². The van der Waals surface area contributed by atoms with Crippen LogP contribution in [-0.4, -0.2) is 34.0 Å². The number of amides is 3. The van der Waals surface area contributed by atoms with Crippen LogP contribution < -0.4 is 16.0 Å². The summed E-state index contributed by atoms with van der Waals surface area (Å²) in [7, 11) is 0. The minimum atomic E-state index is -1.25. The average molecular weight is 436 g/mol. The lowest BCUT2D eigenvalue weighted by atomic mass is 9.72. The molecule has 9 heteroatoms. The molecule has 156 valence electrons. The molecule has 3 N–H and O–H groups in total. The van der Waals surface area contributed by atoms with Crippen molar-refractivity contribution in [2.24, 2.45) is 5.73 Å². The Morgan fingerprint density at radius 1 is 1.13 bits per heavy atom. The van der Waals surface area contributed by atoms with Gasteiger partial charge in [-0.2, -0.15) is 5.10 Å². The fourth-order valence-corrected chi connectivity index (χ4v) is 4.62. The van der Waals surface area contributed by atoms with Gasteiger partial charge >= 0.3 is 0 Å². The zero-order chi connectivity index (χ0) is 21.8. The van der Waals surface area contributed by atoms with Crippen LogP contribution in [0.25, 0.3) is 0 Å². The molecule has 0 bridgehead atoms. The highest BCUT2D eigenvalue weighted by molar-refractivity contribution is 6.30. The van der Waals surface area contributed by atoms with E-state index in [2.05, 4.69) is 10.4 Å². The second-order valence-corrected chi connectivity index (χ2v) is 8.13. The third-order valence-electron chi connectivity index (χ3n) is 5.81. The molecule has 0 saturated heterocycles. The fourth-order valence-electron chi connectivity index (χ4n) is 4.49. The predicted octanol–water partition coefficient (Wildman–Crippen LogP) is 2.05. The second kappa shape index (κ2) is 6.95. The zero-order valence-corrected chi connectivity index (χ0v) is 17.1. The summed E-state index contributed by atoms with van der Waals surface area (Å²) in [6.45, 7) is 0.136. The van der Waals surface area contributed by atoms with E-state index in [1.165, 1.54) is 4.90 Å². The molecule has 3 heterocycles. The monoisotopic (exact) mass is 435 g/mol. The molecule has 0 fully saturated rings. The Hall–Kier alpha value is -3.65. The van der Waals surface area contributed by atoms with Gasteiger partial charge in [0, 0.05) is 22.7 Å². The van der Waals surface area contributed by atoms with E-state index in [0.29, 0.717) is 34.2 Å². The van der Waals surface area contributed by atoms with Crippen LogP contribution in [0.1, 0.15) is 23.1 Å². The van der Waals surface area contributed by atoms with Gasteiger partial charge in [0.2, 0.25) is 17.7 Å². The molecule has 0 radical (unpaired) electrons. The number of nitrogens with zero attached hydrogens (tertiary/aromatic N) is 3. The van der Waals surface area contributed by atoms with Crippen molar-refractivity contribution in [3.63, 3.8) is 0 Å². The summed E-state index contributed by atoms with van der Waals surface area (Å²) in [5.41, 5.74) is 6.94. The number of benzene rings is 2. The molecule has 0 aliphatic carbocycles. The molecular weight excluding hydrogens is 418 g/mol. The van der Waals surface area contributed by atoms with E-state index in [0.717, 1.165) is 5.56 Å². The van der Waals surface area contributed by atoms with E-state index in [1.807, 2.05) is 24.3 Å². The van der Waals surface area contributed by atoms with Gasteiger partial charge in [0.15, 0.2) is 0 Å². The summed E-state index contributed by atoms with van der Waals surface area (Å²) in [5, 5.41) is 7.97. The molecule has 3 amide bonds. The first kappa shape index (κ1) is 19.3. The summed E-state index contributed by atoms with van der Waals surface area (Å²) in [6, 6.07) is 14.5. The number of hydrogen-bond donors (Lipinski definition) is 2. The number of carbonyl (C=O) groups is 3. The molecule has 0 saturated carbocycles. The van der Waals surface area contributed by atoms with Crippen LogP contribution >= 0.6 is 11.6 Å². The topological polar surface area (TPSA) is 110 Å². The summed E-state index contributed by atoms with van der Waals surface area (Å²) in [4.78, 5) is 39.5. The summed E-state index contributed by atoms with van der Waals surface area (Å²) in [5.74, 6) is -0.807. The van der Waals surface area contributed by atoms with E-state index in [-0.39, 0.29) is 24.8 Å². The Morgan fingerprint density at radius 3 is 2.61 bits per heavy atom. The van der Waals surface area contributed by atoms with Gasteiger partial charge in [0.05, 0.1) is 12.7 Å². The van der Waals surface area contributed by atoms with E-state index < -0.39 is 11.3 Å². The molecule has 1 spiro atoms. The number of carbonyl (C=O) groups excluding carboxylic acids is 3. The van der Waals surface area contributed by atoms with Gasteiger partial charge in [-0.1, -0.05) is 41.9 Å². The third kappa shape index (κ3) is 2.90. The lowest BCUT2D eigenvalue weighted by Gasteiger charge is -2.32. The predicted molar refractivity (Wildman–Crippen MR) is 115 cm³/mol. The van der Waals surface area contributed by atoms with Crippen molar-refractivity contribution in [2.75, 3.05) is 16.8 Å². The number of nitrogens with two attached hydrogens (primary N) is 1. The fraction of sp³-hybridized carbons (Fsp3) is 0.182. The van der Waals surface area contributed by atoms with E-state index in [1.54, 1.807) is 35.1 Å². The van der Waals surface area contributed by atoms with Gasteiger partial charge in [-0.25, -0.2) is 4.68 Å². The third-order valence-corrected chi connectivity index (χ3v) is 6.06. The number of primary amides is 1. The highest BCUT2D eigenvalue weighted by Gasteiger charge is 2.57. The quantitative estimate of drug-likeness (QED) is 0.653. The molecule has 2 aliphatic rings. The minimum Gasteiger partial charge on any atom is -0.368 e. The maximum absolute atomic E-state index is 13.7. The van der Waals surface area contributed by atoms with Gasteiger partial charge in [-0.3, -0.25) is 14.4 Å². The van der Waals surface area contributed by atoms with Crippen molar-refractivity contribution in [3.8, 4) is 0 Å². The minimum absolute atomic E-state index is 0.0717. The Labute approximate surface area is 182 Å². The molecule has 3 aromatic rings. The van der Waals surface area contributed by atoms with Crippen LogP contribution in [0.2, 0.25) is 5.02 Å². The van der Waals surface area contributed by atoms with Crippen molar-refractivity contribution in [1.82, 2.24) is 9.78 Å². The van der Waals surface area contributed by atoms with E-state index in [4.69, 9.17) is 17.3 Å². The van der Waals surface area contributed by atoms with E-state index >= 15 is 0 Å². The molecule has 2 aromatic carbocycles. The van der Waals surface area contributed by atoms with Crippen LogP contribution in [0.4, 0.5) is 11.5 Å². The number of hydrogen-bond acceptors (Lipinski definition) is 4. The first-order valence-corrected chi connectivity index (χ1v) is 10.1. The molecule has 8 nitrogen and oxygen atoms in total. The number of rotatable bonds is 4. The SMILES string of the molecule is NC(=O)CN1C(=O)C2(CC(=O)Nc3c2cnn3Cc2ccc(Cl)cc2)c2ccccc21. The Balaban J connectivity index is 1.64. The average Bonchev–Trinajstić information content (AvgIpc) is 3.23. The van der Waals surface area contributed by atoms with Crippen molar-refractivity contribution < 1.29 is 14.4 Å². The number of halogens is 1. The maximum Gasteiger partial charge on any atom is 0.243 e. The molecular formula is C22H18ClN5O3. The molecule has 1 atom stereocenters. The lowest BCUT2D eigenvalue weighted by Crippen LogP contribution is -2.48. The molecule has 1 aromatic heterocycles. The van der Waals surface area contributed by atoms with Gasteiger partial charge in [-0.05, 0) is 29.3 Å². The van der Waals surface area contributed by atoms with Crippen LogP contribution in [0.5, 0.6) is 0 Å². The summed E-state index contributed by atoms with van der Waals surface area (Å²) < 4.78 is 1.66. The molecule has 1 unspecified atom stereocenters. The van der Waals surface area contributed by atoms with Gasteiger partial charge in [0.1, 0.15) is 17.8 Å². The largest absolute Gasteiger partial charge is 0.368 e. The highest BCUT2D eigenvalue weighted by Crippen LogP contribution is 2.52. The van der Waals surface area contributed by atoms with Crippen molar-refractivity contribution in [3.05, 3.63) is 76.4 Å². The maximum atomic E-state index is 13.7. The Morgan fingerprint density at radius 2 is 1.87 bits per heavy atom. The highest BCUT2D eigenvalue weighted by atomic mass is 35.5. The smallest absolute Gasteiger partial charge is 0.243 e. The number of anilines is 2. The first-order valence-electron chi connectivity index (χ1n) is 9.70. The standard InChI is InChI=1S/C22H18ClN5O3/c23-14-7-5-13(6-8-14)11-28-20-16(10-25-28)22(9-19(30)26-20)15-3-1-2-4-17(15)27(21(22)31)12-18(24)29/h1-8,10H,9,11-12H2,(H2,24,29)(H,26,30). The van der Waals surface area contributed by atoms with Crippen LogP contribution in [0, 0.1) is 0 Å². The second-order valence-electron chi connectivity index (χ2n) is 7.70. The van der Waals surface area contributed by atoms with Crippen molar-refractivity contribution >= 4 is 40.8 Å². The van der Waals surface area contributed by atoms with Crippen molar-refractivity contribution in [2.45, 2.75) is 18.4 Å². The zero-order valence-electron chi connectivity index (χ0n) is 16.3. The van der Waals surface area contributed by atoms with Crippen LogP contribution in [0.15, 0.2) is 54.7 Å². The summed E-state index contributed by atoms with van der Waals surface area (Å²) in [6.07, 6.45) is 1.55. The normalized spacial score (nSPS) is 19.3. The summed E-state index contributed by atoms with van der Waals surface area (Å²) >= 11 is 5.97. The van der Waals surface area contributed by atoms with E-state index in [9.17, 15) is 14.4 Å². The Kier molecular flexibility index (Phi) is 4.33. The molecule has 5 rings (SSSR count). The van der Waals surface area contributed by atoms with Crippen molar-refractivity contribution in [1.29, 1.82) is 0 Å². The number of nitrogens with one attached hydrogen (secondary N) is 1. The lowest BCUT2D eigenvalue weighted by molar-refractivity contribution is -0.127. The number of fused-ring (bicyclic) bond motifs is 4. The van der Waals surface area contributed by atoms with Gasteiger partial charge < -0.3 is 16.0 Å². The number of aromatic nitrogens is 2. The van der Waals surface area contributed by atoms with Gasteiger partial charge in [-0.15, -0.1) is 0 Å². The van der Waals surface area contributed by atoms with Gasteiger partial charge in [0.25, 0.3) is 0 Å². The Bertz CT molecular complexity index is 1240.